The lowest BCUT2D eigenvalue weighted by molar-refractivity contribution is 0.0596. The van der Waals surface area contributed by atoms with Crippen molar-refractivity contribution >= 4 is 38.3 Å². The van der Waals surface area contributed by atoms with Gasteiger partial charge in [-0.3, -0.25) is 5.10 Å². The largest absolute Gasteiger partial charge is 0.465 e. The standard InChI is InChI=1S/C25H16ClF3N4O4S/c1-37-25(34)14-4-3-13(26)10-18(14)38(35,36)11-12-2-7-17(27)19(20(12)28)15-5-6-16-22(21(15)29)32-33-23(16)24-30-8-9-31-24/h2-10H,11H2,1H3,(H,30,31)(H,32,33). The SMILES string of the molecule is COC(=O)c1ccc(Cl)cc1S(=O)(=O)Cc1ccc(F)c(-c2ccc3c(-c4ncc[nH]4)[nH]nc3c2F)c1F. The zero-order chi connectivity index (χ0) is 27.2. The minimum atomic E-state index is -4.39. The van der Waals surface area contributed by atoms with Crippen LogP contribution in [-0.4, -0.2) is 41.7 Å². The zero-order valence-corrected chi connectivity index (χ0v) is 20.9. The van der Waals surface area contributed by atoms with Crippen LogP contribution in [0.25, 0.3) is 33.5 Å². The van der Waals surface area contributed by atoms with Gasteiger partial charge >= 0.3 is 5.97 Å². The number of carbonyl (C=O) groups excluding carboxylic acids is 1. The summed E-state index contributed by atoms with van der Waals surface area (Å²) in [5.74, 6) is -4.93. The minimum Gasteiger partial charge on any atom is -0.465 e. The number of nitrogens with one attached hydrogen (secondary N) is 2. The molecule has 194 valence electrons. The molecule has 0 aliphatic carbocycles. The molecule has 8 nitrogen and oxygen atoms in total. The first-order chi connectivity index (χ1) is 18.1. The summed E-state index contributed by atoms with van der Waals surface area (Å²) in [5.41, 5.74) is -1.79. The van der Waals surface area contributed by atoms with Gasteiger partial charge in [-0.05, 0) is 30.3 Å². The Morgan fingerprint density at radius 1 is 1.08 bits per heavy atom. The van der Waals surface area contributed by atoms with E-state index in [0.717, 1.165) is 25.3 Å². The third kappa shape index (κ3) is 4.31. The van der Waals surface area contributed by atoms with Crippen molar-refractivity contribution in [1.82, 2.24) is 20.2 Å². The van der Waals surface area contributed by atoms with E-state index in [-0.39, 0.29) is 16.1 Å². The fourth-order valence-electron chi connectivity index (χ4n) is 4.09. The van der Waals surface area contributed by atoms with Crippen LogP contribution in [0.4, 0.5) is 13.2 Å². The van der Waals surface area contributed by atoms with Crippen molar-refractivity contribution < 1.29 is 31.1 Å². The minimum absolute atomic E-state index is 0.0137. The number of benzene rings is 3. The maximum absolute atomic E-state index is 15.6. The number of imidazole rings is 1. The predicted molar refractivity (Wildman–Crippen MR) is 133 cm³/mol. The van der Waals surface area contributed by atoms with Gasteiger partial charge in [0.1, 0.15) is 22.8 Å². The summed E-state index contributed by atoms with van der Waals surface area (Å²) in [6, 6.07) is 7.87. The van der Waals surface area contributed by atoms with E-state index < -0.39 is 60.6 Å². The molecule has 0 aliphatic rings. The Balaban J connectivity index is 1.60. The summed E-state index contributed by atoms with van der Waals surface area (Å²) in [5, 5.41) is 6.91. The highest BCUT2D eigenvalue weighted by Gasteiger charge is 2.28. The van der Waals surface area contributed by atoms with E-state index in [1.807, 2.05) is 0 Å². The first kappa shape index (κ1) is 25.5. The molecule has 2 heterocycles. The number of fused-ring (bicyclic) bond motifs is 1. The van der Waals surface area contributed by atoms with Gasteiger partial charge in [0.15, 0.2) is 21.5 Å². The fraction of sp³-hybridized carbons (Fsp3) is 0.0800. The molecule has 0 fully saturated rings. The monoisotopic (exact) mass is 560 g/mol. The second-order valence-corrected chi connectivity index (χ2v) is 10.5. The maximum Gasteiger partial charge on any atom is 0.339 e. The molecule has 0 bridgehead atoms. The van der Waals surface area contributed by atoms with Crippen LogP contribution in [-0.2, 0) is 20.3 Å². The third-order valence-corrected chi connectivity index (χ3v) is 7.80. The van der Waals surface area contributed by atoms with Crippen LogP contribution >= 0.6 is 11.6 Å². The molecular weight excluding hydrogens is 545 g/mol. The van der Waals surface area contributed by atoms with Crippen LogP contribution in [0.15, 0.2) is 59.8 Å². The van der Waals surface area contributed by atoms with Crippen molar-refractivity contribution in [3.63, 3.8) is 0 Å². The van der Waals surface area contributed by atoms with Crippen molar-refractivity contribution in [2.24, 2.45) is 0 Å². The van der Waals surface area contributed by atoms with Gasteiger partial charge in [0.05, 0.1) is 28.9 Å². The summed E-state index contributed by atoms with van der Waals surface area (Å²) in [6.45, 7) is 0. The molecule has 0 spiro atoms. The van der Waals surface area contributed by atoms with Crippen molar-refractivity contribution in [2.45, 2.75) is 10.6 Å². The normalized spacial score (nSPS) is 11.7. The molecule has 0 unspecified atom stereocenters. The Labute approximate surface area is 218 Å². The molecule has 2 N–H and O–H groups in total. The Morgan fingerprint density at radius 3 is 2.58 bits per heavy atom. The van der Waals surface area contributed by atoms with Crippen molar-refractivity contribution in [1.29, 1.82) is 0 Å². The quantitative estimate of drug-likeness (QED) is 0.267. The fourth-order valence-corrected chi connectivity index (χ4v) is 5.91. The van der Waals surface area contributed by atoms with E-state index in [2.05, 4.69) is 24.9 Å². The lowest BCUT2D eigenvalue weighted by Gasteiger charge is -2.13. The number of aromatic amines is 2. The molecule has 0 radical (unpaired) electrons. The summed E-state index contributed by atoms with van der Waals surface area (Å²) in [7, 11) is -3.32. The van der Waals surface area contributed by atoms with Crippen LogP contribution in [0.2, 0.25) is 5.02 Å². The highest BCUT2D eigenvalue weighted by molar-refractivity contribution is 7.90. The highest BCUT2D eigenvalue weighted by atomic mass is 35.5. The molecule has 0 amide bonds. The van der Waals surface area contributed by atoms with E-state index in [9.17, 15) is 17.6 Å². The van der Waals surface area contributed by atoms with E-state index in [1.165, 1.54) is 30.5 Å². The van der Waals surface area contributed by atoms with Crippen LogP contribution in [0, 0.1) is 17.5 Å². The maximum atomic E-state index is 15.6. The molecular formula is C25H16ClF3N4O4S. The van der Waals surface area contributed by atoms with Crippen LogP contribution in [0.1, 0.15) is 15.9 Å². The van der Waals surface area contributed by atoms with E-state index in [0.29, 0.717) is 16.9 Å². The average molecular weight is 561 g/mol. The molecule has 0 saturated heterocycles. The van der Waals surface area contributed by atoms with Gasteiger partial charge in [-0.1, -0.05) is 23.7 Å². The molecule has 5 aromatic rings. The molecule has 2 aromatic heterocycles. The van der Waals surface area contributed by atoms with Gasteiger partial charge in [0.25, 0.3) is 0 Å². The van der Waals surface area contributed by atoms with Crippen molar-refractivity contribution in [3.8, 4) is 22.6 Å². The number of sulfone groups is 1. The summed E-state index contributed by atoms with van der Waals surface area (Å²) >= 11 is 5.93. The number of halogens is 4. The molecule has 3 aromatic carbocycles. The Morgan fingerprint density at radius 2 is 1.87 bits per heavy atom. The number of aromatic nitrogens is 4. The first-order valence-electron chi connectivity index (χ1n) is 10.9. The van der Waals surface area contributed by atoms with Gasteiger partial charge in [0.2, 0.25) is 0 Å². The average Bonchev–Trinajstić information content (AvgIpc) is 3.57. The number of ether oxygens (including phenoxy) is 1. The first-order valence-corrected chi connectivity index (χ1v) is 12.9. The van der Waals surface area contributed by atoms with Crippen molar-refractivity contribution in [3.05, 3.63) is 88.5 Å². The molecule has 13 heteroatoms. The number of hydrogen-bond acceptors (Lipinski definition) is 6. The molecule has 0 saturated carbocycles. The Kier molecular flexibility index (Phi) is 6.45. The zero-order valence-electron chi connectivity index (χ0n) is 19.4. The second kappa shape index (κ2) is 9.62. The lowest BCUT2D eigenvalue weighted by Crippen LogP contribution is -2.14. The smallest absolute Gasteiger partial charge is 0.339 e. The lowest BCUT2D eigenvalue weighted by atomic mass is 9.99. The van der Waals surface area contributed by atoms with E-state index >= 15 is 8.78 Å². The summed E-state index contributed by atoms with van der Waals surface area (Å²) in [6.07, 6.45) is 3.06. The Hall–Kier alpha value is -4.16. The number of hydrogen-bond donors (Lipinski definition) is 2. The van der Waals surface area contributed by atoms with E-state index in [1.54, 1.807) is 6.20 Å². The molecule has 0 atom stereocenters. The molecule has 5 rings (SSSR count). The van der Waals surface area contributed by atoms with Crippen LogP contribution in [0.3, 0.4) is 0 Å². The molecule has 0 aliphatic heterocycles. The van der Waals surface area contributed by atoms with Gasteiger partial charge in [-0.15, -0.1) is 0 Å². The summed E-state index contributed by atoms with van der Waals surface area (Å²) in [4.78, 5) is 18.6. The van der Waals surface area contributed by atoms with Gasteiger partial charge in [-0.2, -0.15) is 5.10 Å². The topological polar surface area (TPSA) is 118 Å². The number of nitrogens with zero attached hydrogens (tertiary/aromatic N) is 2. The highest BCUT2D eigenvalue weighted by Crippen LogP contribution is 2.36. The number of rotatable bonds is 6. The van der Waals surface area contributed by atoms with Crippen molar-refractivity contribution in [2.75, 3.05) is 7.11 Å². The summed E-state index contributed by atoms with van der Waals surface area (Å²) < 4.78 is 77.1. The predicted octanol–water partition coefficient (Wildman–Crippen LogP) is 5.45. The molecule has 38 heavy (non-hydrogen) atoms. The van der Waals surface area contributed by atoms with Gasteiger partial charge in [0, 0.05) is 33.9 Å². The van der Waals surface area contributed by atoms with Gasteiger partial charge in [-0.25, -0.2) is 31.4 Å². The number of methoxy groups -OCH3 is 1. The Bertz CT molecular complexity index is 1820. The number of esters is 1. The number of H-pyrrole nitrogens is 2. The second-order valence-electron chi connectivity index (χ2n) is 8.15. The van der Waals surface area contributed by atoms with E-state index in [4.69, 9.17) is 11.6 Å². The van der Waals surface area contributed by atoms with Gasteiger partial charge < -0.3 is 9.72 Å². The van der Waals surface area contributed by atoms with Crippen LogP contribution in [0.5, 0.6) is 0 Å². The number of carbonyl (C=O) groups is 1. The third-order valence-electron chi connectivity index (χ3n) is 5.87. The van der Waals surface area contributed by atoms with Crippen LogP contribution < -0.4 is 0 Å².